The van der Waals surface area contributed by atoms with Crippen LogP contribution in [0.3, 0.4) is 0 Å². The molecule has 2 aromatic carbocycles. The van der Waals surface area contributed by atoms with Crippen LogP contribution in [-0.2, 0) is 19.5 Å². The minimum absolute atomic E-state index is 0.743. The van der Waals surface area contributed by atoms with Crippen molar-refractivity contribution in [3.8, 4) is 5.75 Å². The molecule has 2 aromatic rings. The SMILES string of the molecule is COc1ccc(Cl)cc1CN1CCc2c(N)cccc2C1. The Balaban J connectivity index is 1.80. The van der Waals surface area contributed by atoms with Crippen molar-refractivity contribution in [1.29, 1.82) is 0 Å². The first-order valence-corrected chi connectivity index (χ1v) is 7.46. The average Bonchev–Trinajstić information content (AvgIpc) is 2.48. The summed E-state index contributed by atoms with van der Waals surface area (Å²) < 4.78 is 5.43. The van der Waals surface area contributed by atoms with Crippen LogP contribution in [0, 0.1) is 0 Å². The second kappa shape index (κ2) is 5.96. The Kier molecular flexibility index (Phi) is 4.04. The van der Waals surface area contributed by atoms with Gasteiger partial charge in [-0.2, -0.15) is 0 Å². The number of rotatable bonds is 3. The van der Waals surface area contributed by atoms with Gasteiger partial charge in [0.05, 0.1) is 7.11 Å². The lowest BCUT2D eigenvalue weighted by molar-refractivity contribution is 0.242. The van der Waals surface area contributed by atoms with E-state index in [1.54, 1.807) is 7.11 Å². The Hall–Kier alpha value is -1.71. The van der Waals surface area contributed by atoms with Gasteiger partial charge >= 0.3 is 0 Å². The summed E-state index contributed by atoms with van der Waals surface area (Å²) in [5, 5.41) is 0.743. The molecule has 2 N–H and O–H groups in total. The van der Waals surface area contributed by atoms with E-state index in [0.717, 1.165) is 48.1 Å². The quantitative estimate of drug-likeness (QED) is 0.882. The van der Waals surface area contributed by atoms with Gasteiger partial charge in [0.15, 0.2) is 0 Å². The molecule has 1 aliphatic heterocycles. The Labute approximate surface area is 130 Å². The Morgan fingerprint density at radius 1 is 1.29 bits per heavy atom. The summed E-state index contributed by atoms with van der Waals surface area (Å²) in [5.41, 5.74) is 10.7. The number of halogens is 1. The molecular formula is C17H19ClN2O. The minimum atomic E-state index is 0.743. The van der Waals surface area contributed by atoms with Crippen molar-refractivity contribution >= 4 is 17.3 Å². The monoisotopic (exact) mass is 302 g/mol. The zero-order chi connectivity index (χ0) is 14.8. The Bertz CT molecular complexity index is 657. The molecule has 0 atom stereocenters. The number of anilines is 1. The van der Waals surface area contributed by atoms with E-state index < -0.39 is 0 Å². The van der Waals surface area contributed by atoms with Crippen LogP contribution in [-0.4, -0.2) is 18.6 Å². The largest absolute Gasteiger partial charge is 0.496 e. The van der Waals surface area contributed by atoms with Crippen LogP contribution in [0.15, 0.2) is 36.4 Å². The molecule has 0 aliphatic carbocycles. The fourth-order valence-corrected chi connectivity index (χ4v) is 3.14. The van der Waals surface area contributed by atoms with Crippen molar-refractivity contribution < 1.29 is 4.74 Å². The molecule has 0 fully saturated rings. The van der Waals surface area contributed by atoms with Crippen LogP contribution >= 0.6 is 11.6 Å². The van der Waals surface area contributed by atoms with E-state index in [-0.39, 0.29) is 0 Å². The number of ether oxygens (including phenoxy) is 1. The van der Waals surface area contributed by atoms with Crippen molar-refractivity contribution in [3.63, 3.8) is 0 Å². The normalized spacial score (nSPS) is 14.8. The maximum atomic E-state index is 6.10. The van der Waals surface area contributed by atoms with Crippen molar-refractivity contribution in [3.05, 3.63) is 58.1 Å². The maximum absolute atomic E-state index is 6.10. The van der Waals surface area contributed by atoms with Crippen LogP contribution < -0.4 is 10.5 Å². The fourth-order valence-electron chi connectivity index (χ4n) is 2.94. The van der Waals surface area contributed by atoms with Gasteiger partial charge in [0, 0.05) is 35.9 Å². The highest BCUT2D eigenvalue weighted by Gasteiger charge is 2.19. The van der Waals surface area contributed by atoms with Crippen molar-refractivity contribution in [2.75, 3.05) is 19.4 Å². The maximum Gasteiger partial charge on any atom is 0.123 e. The molecular weight excluding hydrogens is 284 g/mol. The molecule has 0 spiro atoms. The predicted molar refractivity (Wildman–Crippen MR) is 86.7 cm³/mol. The molecule has 0 bridgehead atoms. The fraction of sp³-hybridized carbons (Fsp3) is 0.294. The third kappa shape index (κ3) is 2.99. The molecule has 0 amide bonds. The standard InChI is InChI=1S/C17H19ClN2O/c1-21-17-6-5-14(18)9-13(17)11-20-8-7-15-12(10-20)3-2-4-16(15)19/h2-6,9H,7-8,10-11,19H2,1H3. The lowest BCUT2D eigenvalue weighted by Gasteiger charge is -2.30. The number of fused-ring (bicyclic) bond motifs is 1. The van der Waals surface area contributed by atoms with Gasteiger partial charge in [-0.05, 0) is 41.8 Å². The molecule has 3 rings (SSSR count). The van der Waals surface area contributed by atoms with Gasteiger partial charge in [0.25, 0.3) is 0 Å². The molecule has 110 valence electrons. The van der Waals surface area contributed by atoms with E-state index in [1.807, 2.05) is 30.3 Å². The lowest BCUT2D eigenvalue weighted by atomic mass is 9.97. The minimum Gasteiger partial charge on any atom is -0.496 e. The molecule has 1 aliphatic rings. The summed E-state index contributed by atoms with van der Waals surface area (Å²) in [6.07, 6.45) is 0.991. The zero-order valence-electron chi connectivity index (χ0n) is 12.1. The van der Waals surface area contributed by atoms with Gasteiger partial charge in [-0.15, -0.1) is 0 Å². The third-order valence-electron chi connectivity index (χ3n) is 4.02. The molecule has 0 aromatic heterocycles. The smallest absolute Gasteiger partial charge is 0.123 e. The van der Waals surface area contributed by atoms with Gasteiger partial charge in [0.1, 0.15) is 5.75 Å². The topological polar surface area (TPSA) is 38.5 Å². The highest BCUT2D eigenvalue weighted by Crippen LogP contribution is 2.28. The number of methoxy groups -OCH3 is 1. The van der Waals surface area contributed by atoms with Crippen LogP contribution in [0.4, 0.5) is 5.69 Å². The number of hydrogen-bond acceptors (Lipinski definition) is 3. The van der Waals surface area contributed by atoms with Gasteiger partial charge in [0.2, 0.25) is 0 Å². The van der Waals surface area contributed by atoms with Crippen LogP contribution in [0.2, 0.25) is 5.02 Å². The van der Waals surface area contributed by atoms with Crippen molar-refractivity contribution in [1.82, 2.24) is 4.90 Å². The highest BCUT2D eigenvalue weighted by atomic mass is 35.5. The van der Waals surface area contributed by atoms with Crippen LogP contribution in [0.25, 0.3) is 0 Å². The first kappa shape index (κ1) is 14.2. The van der Waals surface area contributed by atoms with Gasteiger partial charge in [-0.1, -0.05) is 23.7 Å². The highest BCUT2D eigenvalue weighted by molar-refractivity contribution is 6.30. The summed E-state index contributed by atoms with van der Waals surface area (Å²) in [7, 11) is 1.69. The molecule has 21 heavy (non-hydrogen) atoms. The number of nitrogens with two attached hydrogens (primary N) is 1. The summed E-state index contributed by atoms with van der Waals surface area (Å²) >= 11 is 6.10. The van der Waals surface area contributed by atoms with E-state index in [9.17, 15) is 0 Å². The number of nitrogen functional groups attached to an aromatic ring is 1. The van der Waals surface area contributed by atoms with E-state index in [4.69, 9.17) is 22.1 Å². The number of nitrogens with zero attached hydrogens (tertiary/aromatic N) is 1. The van der Waals surface area contributed by atoms with Crippen molar-refractivity contribution in [2.45, 2.75) is 19.5 Å². The summed E-state index contributed by atoms with van der Waals surface area (Å²) in [5.74, 6) is 0.887. The zero-order valence-corrected chi connectivity index (χ0v) is 12.9. The third-order valence-corrected chi connectivity index (χ3v) is 4.25. The lowest BCUT2D eigenvalue weighted by Crippen LogP contribution is -2.30. The average molecular weight is 303 g/mol. The van der Waals surface area contributed by atoms with E-state index in [2.05, 4.69) is 11.0 Å². The second-order valence-corrected chi connectivity index (χ2v) is 5.84. The van der Waals surface area contributed by atoms with Crippen molar-refractivity contribution in [2.24, 2.45) is 0 Å². The van der Waals surface area contributed by atoms with E-state index in [1.165, 1.54) is 11.1 Å². The Morgan fingerprint density at radius 3 is 2.95 bits per heavy atom. The molecule has 3 nitrogen and oxygen atoms in total. The van der Waals surface area contributed by atoms with Crippen LogP contribution in [0.1, 0.15) is 16.7 Å². The molecule has 1 heterocycles. The first-order chi connectivity index (χ1) is 10.2. The molecule has 0 saturated carbocycles. The van der Waals surface area contributed by atoms with Gasteiger partial charge < -0.3 is 10.5 Å². The Morgan fingerprint density at radius 2 is 2.14 bits per heavy atom. The summed E-state index contributed by atoms with van der Waals surface area (Å²) in [6.45, 7) is 2.74. The first-order valence-electron chi connectivity index (χ1n) is 7.08. The molecule has 0 unspecified atom stereocenters. The number of hydrogen-bond donors (Lipinski definition) is 1. The van der Waals surface area contributed by atoms with E-state index in [0.29, 0.717) is 0 Å². The van der Waals surface area contributed by atoms with E-state index >= 15 is 0 Å². The molecule has 0 saturated heterocycles. The summed E-state index contributed by atoms with van der Waals surface area (Å²) in [4.78, 5) is 2.40. The van der Waals surface area contributed by atoms with Crippen LogP contribution in [0.5, 0.6) is 5.75 Å². The molecule has 0 radical (unpaired) electrons. The van der Waals surface area contributed by atoms with Gasteiger partial charge in [-0.25, -0.2) is 0 Å². The molecule has 4 heteroatoms. The van der Waals surface area contributed by atoms with Gasteiger partial charge in [-0.3, -0.25) is 4.90 Å². The number of benzene rings is 2. The summed E-state index contributed by atoms with van der Waals surface area (Å²) in [6, 6.07) is 11.9. The second-order valence-electron chi connectivity index (χ2n) is 5.40. The predicted octanol–water partition coefficient (Wildman–Crippen LogP) is 3.49.